The monoisotopic (exact) mass is 487 g/mol. The summed E-state index contributed by atoms with van der Waals surface area (Å²) in [5.74, 6) is 0.0680. The normalized spacial score (nSPS) is 19.2. The predicted molar refractivity (Wildman–Crippen MR) is 133 cm³/mol. The molecular formula is C24H33N5O4S. The van der Waals surface area contributed by atoms with Crippen molar-refractivity contribution < 1.29 is 13.5 Å². The molecule has 1 aromatic heterocycles. The highest BCUT2D eigenvalue weighted by Gasteiger charge is 2.43. The zero-order valence-corrected chi connectivity index (χ0v) is 20.5. The van der Waals surface area contributed by atoms with Gasteiger partial charge in [-0.3, -0.25) is 4.79 Å². The number of hydrogen-bond acceptors (Lipinski definition) is 6. The number of nitrogens with one attached hydrogen (secondary N) is 2. The molecule has 1 aliphatic heterocycles. The van der Waals surface area contributed by atoms with E-state index in [-0.39, 0.29) is 35.0 Å². The van der Waals surface area contributed by atoms with E-state index in [4.69, 9.17) is 5.73 Å². The number of aliphatic hydroxyl groups is 1. The number of sulfonamides is 1. The van der Waals surface area contributed by atoms with Gasteiger partial charge < -0.3 is 21.1 Å². The lowest BCUT2D eigenvalue weighted by molar-refractivity contribution is 0.165. The van der Waals surface area contributed by atoms with Gasteiger partial charge in [0.05, 0.1) is 16.3 Å². The number of nitrogens with two attached hydrogens (primary N) is 1. The number of rotatable bonds is 7. The van der Waals surface area contributed by atoms with E-state index in [1.807, 2.05) is 0 Å². The van der Waals surface area contributed by atoms with Gasteiger partial charge in [-0.05, 0) is 62.9 Å². The van der Waals surface area contributed by atoms with E-state index in [0.717, 1.165) is 25.7 Å². The second kappa shape index (κ2) is 9.52. The number of amidine groups is 1. The lowest BCUT2D eigenvalue weighted by Gasteiger charge is -2.33. The van der Waals surface area contributed by atoms with Crippen LogP contribution in [0.1, 0.15) is 63.5 Å². The molecule has 2 heterocycles. The lowest BCUT2D eigenvalue weighted by atomic mass is 9.95. The number of aliphatic imine (C=N–C) groups is 1. The number of hydrogen-bond donors (Lipinski definition) is 4. The minimum Gasteiger partial charge on any atom is -0.396 e. The van der Waals surface area contributed by atoms with Crippen molar-refractivity contribution in [1.82, 2.24) is 9.29 Å². The van der Waals surface area contributed by atoms with E-state index < -0.39 is 15.6 Å². The molecule has 0 bridgehead atoms. The Morgan fingerprint density at radius 2 is 2.00 bits per heavy atom. The van der Waals surface area contributed by atoms with Crippen LogP contribution >= 0.6 is 0 Å². The van der Waals surface area contributed by atoms with Gasteiger partial charge in [0.15, 0.2) is 0 Å². The van der Waals surface area contributed by atoms with Gasteiger partial charge in [0.25, 0.3) is 5.56 Å². The molecule has 9 nitrogen and oxygen atoms in total. The molecule has 0 amide bonds. The Morgan fingerprint density at radius 3 is 2.71 bits per heavy atom. The highest BCUT2D eigenvalue weighted by atomic mass is 32.2. The summed E-state index contributed by atoms with van der Waals surface area (Å²) >= 11 is 0. The van der Waals surface area contributed by atoms with Gasteiger partial charge in [0.1, 0.15) is 11.4 Å². The topological polar surface area (TPSA) is 141 Å². The first-order valence-corrected chi connectivity index (χ1v) is 13.2. The molecule has 0 spiro atoms. The summed E-state index contributed by atoms with van der Waals surface area (Å²) in [5, 5.41) is 12.8. The van der Waals surface area contributed by atoms with Crippen LogP contribution < -0.4 is 16.6 Å². The quantitative estimate of drug-likeness (QED) is 0.350. The Balaban J connectivity index is 1.64. The molecule has 184 valence electrons. The van der Waals surface area contributed by atoms with Crippen molar-refractivity contribution in [2.24, 2.45) is 10.7 Å². The molecule has 1 aromatic carbocycles. The summed E-state index contributed by atoms with van der Waals surface area (Å²) in [7, 11) is -3.68. The fourth-order valence-electron chi connectivity index (χ4n) is 4.82. The molecule has 0 unspecified atom stereocenters. The zero-order valence-electron chi connectivity index (χ0n) is 19.7. The van der Waals surface area contributed by atoms with Gasteiger partial charge >= 0.3 is 0 Å². The third-order valence-electron chi connectivity index (χ3n) is 6.76. The third kappa shape index (κ3) is 4.75. The summed E-state index contributed by atoms with van der Waals surface area (Å²) in [6.45, 7) is 3.68. The average molecular weight is 488 g/mol. The Morgan fingerprint density at radius 1 is 1.26 bits per heavy atom. The van der Waals surface area contributed by atoms with E-state index >= 15 is 0 Å². The number of nitrogens with zero attached hydrogens (tertiary/aromatic N) is 2. The smallest absolute Gasteiger partial charge is 0.261 e. The van der Waals surface area contributed by atoms with Crippen LogP contribution in [0.4, 0.5) is 11.4 Å². The molecule has 2 aliphatic rings. The molecule has 1 fully saturated rings. The van der Waals surface area contributed by atoms with Gasteiger partial charge in [-0.15, -0.1) is 0 Å². The van der Waals surface area contributed by atoms with Crippen LogP contribution in [0.3, 0.4) is 0 Å². The number of aromatic nitrogens is 1. The maximum Gasteiger partial charge on any atom is 0.261 e. The maximum absolute atomic E-state index is 13.1. The number of anilines is 1. The van der Waals surface area contributed by atoms with Crippen LogP contribution in [0.2, 0.25) is 0 Å². The van der Waals surface area contributed by atoms with Crippen molar-refractivity contribution in [3.05, 3.63) is 51.9 Å². The van der Waals surface area contributed by atoms with E-state index in [2.05, 4.69) is 15.3 Å². The molecule has 34 heavy (non-hydrogen) atoms. The van der Waals surface area contributed by atoms with Gasteiger partial charge in [0, 0.05) is 30.9 Å². The number of aliphatic hydroxyl groups excluding tert-OH is 1. The number of fused-ring (bicyclic) bond motifs is 1. The minimum absolute atomic E-state index is 0.0680. The van der Waals surface area contributed by atoms with Gasteiger partial charge in [-0.25, -0.2) is 13.4 Å². The Labute approximate surface area is 200 Å². The molecule has 0 atom stereocenters. The molecule has 0 saturated heterocycles. The number of benzene rings is 1. The molecule has 10 heteroatoms. The second-order valence-electron chi connectivity index (χ2n) is 9.66. The maximum atomic E-state index is 13.1. The molecule has 0 radical (unpaired) electrons. The molecule has 1 aliphatic carbocycles. The van der Waals surface area contributed by atoms with Gasteiger partial charge in [-0.2, -0.15) is 4.31 Å². The summed E-state index contributed by atoms with van der Waals surface area (Å²) in [4.78, 5) is 20.0. The molecular weight excluding hydrogens is 454 g/mol. The SMILES string of the molecule is CC(C)(CCO)N1Cc2cc(N=C(N)c3c(NC4CCCCC4)cc[nH]c3=O)ccc2S1(=O)=O. The van der Waals surface area contributed by atoms with Crippen molar-refractivity contribution in [2.75, 3.05) is 11.9 Å². The molecule has 5 N–H and O–H groups in total. The zero-order chi connectivity index (χ0) is 24.5. The summed E-state index contributed by atoms with van der Waals surface area (Å²) in [6, 6.07) is 6.91. The minimum atomic E-state index is -3.68. The molecule has 2 aromatic rings. The Kier molecular flexibility index (Phi) is 6.84. The van der Waals surface area contributed by atoms with Gasteiger partial charge in [-0.1, -0.05) is 19.3 Å². The van der Waals surface area contributed by atoms with Crippen molar-refractivity contribution in [3.8, 4) is 0 Å². The highest BCUT2D eigenvalue weighted by Crippen LogP contribution is 2.38. The fourth-order valence-corrected chi connectivity index (χ4v) is 6.80. The first kappa shape index (κ1) is 24.4. The van der Waals surface area contributed by atoms with E-state index in [0.29, 0.717) is 29.4 Å². The summed E-state index contributed by atoms with van der Waals surface area (Å²) in [5.41, 5.74) is 7.26. The first-order chi connectivity index (χ1) is 16.1. The van der Waals surface area contributed by atoms with Crippen LogP contribution in [0.25, 0.3) is 0 Å². The van der Waals surface area contributed by atoms with Crippen LogP contribution in [0.15, 0.2) is 45.1 Å². The fraction of sp³-hybridized carbons (Fsp3) is 0.500. The van der Waals surface area contributed by atoms with Crippen molar-refractivity contribution in [1.29, 1.82) is 0 Å². The predicted octanol–water partition coefficient (Wildman–Crippen LogP) is 2.82. The first-order valence-electron chi connectivity index (χ1n) is 11.7. The standard InChI is InChI=1S/C24H33N5O4S/c1-24(2,11-13-30)29-15-16-14-18(8-9-20(16)34(29,32)33)28-22(25)21-19(10-12-26-23(21)31)27-17-6-4-3-5-7-17/h8-10,12,14,17,30H,3-7,11,13,15H2,1-2H3,(H2,25,28)(H2,26,27,31). The van der Waals surface area contributed by atoms with E-state index in [1.54, 1.807) is 38.2 Å². The van der Waals surface area contributed by atoms with Crippen LogP contribution in [-0.4, -0.2) is 46.8 Å². The summed E-state index contributed by atoms with van der Waals surface area (Å²) in [6.07, 6.45) is 7.55. The van der Waals surface area contributed by atoms with E-state index in [1.165, 1.54) is 16.8 Å². The van der Waals surface area contributed by atoms with Crippen LogP contribution in [-0.2, 0) is 16.6 Å². The molecule has 4 rings (SSSR count). The van der Waals surface area contributed by atoms with Crippen molar-refractivity contribution >= 4 is 27.2 Å². The van der Waals surface area contributed by atoms with Gasteiger partial charge in [0.2, 0.25) is 10.0 Å². The Hall–Kier alpha value is -2.69. The third-order valence-corrected chi connectivity index (χ3v) is 8.91. The average Bonchev–Trinajstić information content (AvgIpc) is 3.05. The number of pyridine rings is 1. The molecule has 1 saturated carbocycles. The number of aromatic amines is 1. The second-order valence-corrected chi connectivity index (χ2v) is 11.5. The number of H-pyrrole nitrogens is 1. The largest absolute Gasteiger partial charge is 0.396 e. The van der Waals surface area contributed by atoms with Crippen LogP contribution in [0.5, 0.6) is 0 Å². The van der Waals surface area contributed by atoms with E-state index in [9.17, 15) is 18.3 Å². The lowest BCUT2D eigenvalue weighted by Crippen LogP contribution is -2.44. The van der Waals surface area contributed by atoms with Crippen molar-refractivity contribution in [2.45, 2.75) is 75.4 Å². The van der Waals surface area contributed by atoms with Crippen LogP contribution in [0, 0.1) is 0 Å². The Bertz CT molecular complexity index is 1250. The summed E-state index contributed by atoms with van der Waals surface area (Å²) < 4.78 is 27.5. The van der Waals surface area contributed by atoms with Crippen molar-refractivity contribution in [3.63, 3.8) is 0 Å². The highest BCUT2D eigenvalue weighted by molar-refractivity contribution is 7.89.